The molecular formula is C24H17N5O2. The van der Waals surface area contributed by atoms with Crippen LogP contribution in [0, 0.1) is 0 Å². The molecule has 0 saturated carbocycles. The van der Waals surface area contributed by atoms with Crippen molar-refractivity contribution in [3.8, 4) is 5.69 Å². The fraction of sp³-hybridized carbons (Fsp3) is 0. The summed E-state index contributed by atoms with van der Waals surface area (Å²) in [4.78, 5) is 28.6. The van der Waals surface area contributed by atoms with E-state index in [0.717, 1.165) is 21.8 Å². The Hall–Kier alpha value is -4.52. The average Bonchev–Trinajstić information content (AvgIpc) is 3.23. The number of rotatable bonds is 4. The molecule has 7 nitrogen and oxygen atoms in total. The van der Waals surface area contributed by atoms with E-state index in [-0.39, 0.29) is 5.91 Å². The Morgan fingerprint density at radius 2 is 1.61 bits per heavy atom. The number of nitrogens with zero attached hydrogens (tertiary/aromatic N) is 3. The third-order valence-electron chi connectivity index (χ3n) is 5.10. The molecule has 3 aromatic carbocycles. The van der Waals surface area contributed by atoms with Crippen LogP contribution < -0.4 is 11.1 Å². The van der Waals surface area contributed by atoms with Gasteiger partial charge in [-0.1, -0.05) is 36.4 Å². The molecule has 5 aromatic rings. The fourth-order valence-corrected chi connectivity index (χ4v) is 3.57. The Labute approximate surface area is 177 Å². The van der Waals surface area contributed by atoms with E-state index in [9.17, 15) is 9.59 Å². The molecule has 0 atom stereocenters. The lowest BCUT2D eigenvalue weighted by atomic mass is 10.1. The van der Waals surface area contributed by atoms with Gasteiger partial charge in [-0.25, -0.2) is 4.68 Å². The van der Waals surface area contributed by atoms with Crippen molar-refractivity contribution >= 4 is 39.2 Å². The van der Waals surface area contributed by atoms with E-state index < -0.39 is 5.91 Å². The van der Waals surface area contributed by atoms with Crippen LogP contribution in [-0.2, 0) is 0 Å². The zero-order valence-corrected chi connectivity index (χ0v) is 16.3. The second-order valence-corrected chi connectivity index (χ2v) is 7.09. The summed E-state index contributed by atoms with van der Waals surface area (Å²) >= 11 is 0. The Morgan fingerprint density at radius 3 is 2.42 bits per heavy atom. The highest BCUT2D eigenvalue weighted by molar-refractivity contribution is 6.12. The molecule has 5 rings (SSSR count). The minimum Gasteiger partial charge on any atom is -0.366 e. The highest BCUT2D eigenvalue weighted by Gasteiger charge is 2.13. The van der Waals surface area contributed by atoms with E-state index in [4.69, 9.17) is 5.73 Å². The van der Waals surface area contributed by atoms with Crippen LogP contribution in [0.15, 0.2) is 85.3 Å². The van der Waals surface area contributed by atoms with Crippen molar-refractivity contribution in [2.75, 3.05) is 5.32 Å². The molecule has 0 aliphatic heterocycles. The number of nitrogens with one attached hydrogen (secondary N) is 1. The number of carbonyl (C=O) groups excluding carboxylic acids is 2. The van der Waals surface area contributed by atoms with Gasteiger partial charge in [0.05, 0.1) is 16.8 Å². The van der Waals surface area contributed by atoms with E-state index in [1.54, 1.807) is 41.3 Å². The van der Waals surface area contributed by atoms with E-state index in [0.29, 0.717) is 22.3 Å². The third kappa shape index (κ3) is 3.38. The van der Waals surface area contributed by atoms with Crippen molar-refractivity contribution in [1.29, 1.82) is 0 Å². The standard InChI is InChI=1S/C24H17N5O2/c25-23(30)20-7-3-5-16-14-29(28-22(16)20)18-10-8-17(9-11-18)27-24(31)21-13-26-12-15-4-1-2-6-19(15)21/h1-14H,(H2,25,30)(H,27,31). The van der Waals surface area contributed by atoms with Gasteiger partial charge in [-0.3, -0.25) is 14.6 Å². The molecule has 2 amide bonds. The highest BCUT2D eigenvalue weighted by Crippen LogP contribution is 2.22. The topological polar surface area (TPSA) is 103 Å². The van der Waals surface area contributed by atoms with Crippen molar-refractivity contribution in [3.63, 3.8) is 0 Å². The monoisotopic (exact) mass is 407 g/mol. The van der Waals surface area contributed by atoms with Crippen LogP contribution in [0.3, 0.4) is 0 Å². The van der Waals surface area contributed by atoms with Crippen molar-refractivity contribution in [3.05, 3.63) is 96.4 Å². The van der Waals surface area contributed by atoms with E-state index in [1.807, 2.05) is 48.7 Å². The summed E-state index contributed by atoms with van der Waals surface area (Å²) in [5.74, 6) is -0.746. The number of primary amides is 1. The molecule has 0 aliphatic carbocycles. The first-order valence-corrected chi connectivity index (χ1v) is 9.63. The molecule has 0 aliphatic rings. The van der Waals surface area contributed by atoms with E-state index in [1.165, 1.54) is 0 Å². The molecule has 0 bridgehead atoms. The fourth-order valence-electron chi connectivity index (χ4n) is 3.57. The number of hydrogen-bond donors (Lipinski definition) is 2. The molecule has 0 unspecified atom stereocenters. The zero-order chi connectivity index (χ0) is 21.4. The summed E-state index contributed by atoms with van der Waals surface area (Å²) in [5.41, 5.74) is 8.33. The van der Waals surface area contributed by atoms with Gasteiger partial charge in [-0.05, 0) is 35.7 Å². The lowest BCUT2D eigenvalue weighted by molar-refractivity contribution is 0.0999. The predicted octanol–water partition coefficient (Wildman–Crippen LogP) is 3.92. The van der Waals surface area contributed by atoms with Crippen LogP contribution in [0.2, 0.25) is 0 Å². The number of fused-ring (bicyclic) bond motifs is 2. The maximum Gasteiger partial charge on any atom is 0.257 e. The molecule has 0 radical (unpaired) electrons. The van der Waals surface area contributed by atoms with Crippen molar-refractivity contribution in [2.24, 2.45) is 5.73 Å². The molecule has 150 valence electrons. The maximum atomic E-state index is 12.8. The Morgan fingerprint density at radius 1 is 0.839 bits per heavy atom. The number of nitrogens with two attached hydrogens (primary N) is 1. The third-order valence-corrected chi connectivity index (χ3v) is 5.10. The molecule has 0 spiro atoms. The van der Waals surface area contributed by atoms with Gasteiger partial charge in [-0.15, -0.1) is 0 Å². The minimum absolute atomic E-state index is 0.229. The minimum atomic E-state index is -0.517. The van der Waals surface area contributed by atoms with Crippen LogP contribution in [0.1, 0.15) is 20.7 Å². The van der Waals surface area contributed by atoms with Crippen LogP contribution >= 0.6 is 0 Å². The molecule has 31 heavy (non-hydrogen) atoms. The summed E-state index contributed by atoms with van der Waals surface area (Å²) in [7, 11) is 0. The van der Waals surface area contributed by atoms with Gasteiger partial charge in [0.25, 0.3) is 11.8 Å². The Kier molecular flexibility index (Phi) is 4.41. The number of pyridine rings is 1. The normalized spacial score (nSPS) is 11.0. The first-order chi connectivity index (χ1) is 15.1. The van der Waals surface area contributed by atoms with Crippen LogP contribution in [0.4, 0.5) is 5.69 Å². The molecule has 2 heterocycles. The summed E-state index contributed by atoms with van der Waals surface area (Å²) in [6, 6.07) is 20.2. The summed E-state index contributed by atoms with van der Waals surface area (Å²) < 4.78 is 1.68. The zero-order valence-electron chi connectivity index (χ0n) is 16.3. The number of hydrogen-bond acceptors (Lipinski definition) is 4. The number of amides is 2. The van der Waals surface area contributed by atoms with Gasteiger partial charge in [0, 0.05) is 35.1 Å². The lowest BCUT2D eigenvalue weighted by Crippen LogP contribution is -2.12. The largest absolute Gasteiger partial charge is 0.366 e. The Bertz CT molecular complexity index is 1450. The van der Waals surface area contributed by atoms with Gasteiger partial charge < -0.3 is 11.1 Å². The van der Waals surface area contributed by atoms with Crippen molar-refractivity contribution in [2.45, 2.75) is 0 Å². The second-order valence-electron chi connectivity index (χ2n) is 7.09. The second kappa shape index (κ2) is 7.38. The molecule has 2 aromatic heterocycles. The number of benzene rings is 3. The summed E-state index contributed by atoms with van der Waals surface area (Å²) in [5, 5.41) is 9.98. The molecule has 7 heteroatoms. The van der Waals surface area contributed by atoms with Crippen molar-refractivity contribution in [1.82, 2.24) is 14.8 Å². The SMILES string of the molecule is NC(=O)c1cccc2cn(-c3ccc(NC(=O)c4cncc5ccccc45)cc3)nc12. The van der Waals surface area contributed by atoms with Gasteiger partial charge in [0.2, 0.25) is 0 Å². The number of carbonyl (C=O) groups is 2. The van der Waals surface area contributed by atoms with Gasteiger partial charge >= 0.3 is 0 Å². The summed E-state index contributed by atoms with van der Waals surface area (Å²) in [6.45, 7) is 0. The van der Waals surface area contributed by atoms with Gasteiger partial charge in [0.15, 0.2) is 0 Å². The van der Waals surface area contributed by atoms with Crippen LogP contribution in [0.25, 0.3) is 27.4 Å². The Balaban J connectivity index is 1.41. The maximum absolute atomic E-state index is 12.8. The van der Waals surface area contributed by atoms with Gasteiger partial charge in [0.1, 0.15) is 5.52 Å². The quantitative estimate of drug-likeness (QED) is 0.471. The van der Waals surface area contributed by atoms with Gasteiger partial charge in [-0.2, -0.15) is 5.10 Å². The molecule has 0 fully saturated rings. The summed E-state index contributed by atoms with van der Waals surface area (Å²) in [6.07, 6.45) is 5.13. The van der Waals surface area contributed by atoms with E-state index in [2.05, 4.69) is 15.4 Å². The number of aromatic nitrogens is 3. The first-order valence-electron chi connectivity index (χ1n) is 9.63. The molecular weight excluding hydrogens is 390 g/mol. The van der Waals surface area contributed by atoms with Crippen molar-refractivity contribution < 1.29 is 9.59 Å². The smallest absolute Gasteiger partial charge is 0.257 e. The average molecular weight is 407 g/mol. The highest BCUT2D eigenvalue weighted by atomic mass is 16.2. The molecule has 3 N–H and O–H groups in total. The lowest BCUT2D eigenvalue weighted by Gasteiger charge is -2.08. The van der Waals surface area contributed by atoms with Crippen LogP contribution in [-0.4, -0.2) is 26.6 Å². The molecule has 0 saturated heterocycles. The number of anilines is 1. The first kappa shape index (κ1) is 18.5. The predicted molar refractivity (Wildman–Crippen MR) is 119 cm³/mol. The van der Waals surface area contributed by atoms with E-state index >= 15 is 0 Å². The van der Waals surface area contributed by atoms with Crippen LogP contribution in [0.5, 0.6) is 0 Å².